The summed E-state index contributed by atoms with van der Waals surface area (Å²) in [5.41, 5.74) is 0. The maximum atomic E-state index is 12.5. The Bertz CT molecular complexity index is 537. The molecule has 1 N–H and O–H groups in total. The number of nitrogens with zero attached hydrogens (tertiary/aromatic N) is 1. The summed E-state index contributed by atoms with van der Waals surface area (Å²) in [6, 6.07) is 3.81. The summed E-state index contributed by atoms with van der Waals surface area (Å²) in [7, 11) is -3.57. The van der Waals surface area contributed by atoms with E-state index in [2.05, 4.69) is 5.32 Å². The summed E-state index contributed by atoms with van der Waals surface area (Å²) < 4.78 is 37.0. The van der Waals surface area contributed by atoms with Gasteiger partial charge in [-0.1, -0.05) is 6.92 Å². The lowest BCUT2D eigenvalue weighted by atomic mass is 10.4. The van der Waals surface area contributed by atoms with Gasteiger partial charge >= 0.3 is 0 Å². The Balaban J connectivity index is 1.98. The van der Waals surface area contributed by atoms with Gasteiger partial charge in [0.1, 0.15) is 5.76 Å². The molecular weight excluding hydrogens is 292 g/mol. The Morgan fingerprint density at radius 1 is 1.38 bits per heavy atom. The number of hydrogen-bond acceptors (Lipinski definition) is 5. The van der Waals surface area contributed by atoms with E-state index in [0.29, 0.717) is 44.7 Å². The van der Waals surface area contributed by atoms with Crippen LogP contribution in [0.2, 0.25) is 0 Å². The molecule has 0 aliphatic heterocycles. The Morgan fingerprint density at radius 3 is 2.76 bits per heavy atom. The quantitative estimate of drug-likeness (QED) is 0.664. The monoisotopic (exact) mass is 316 g/mol. The minimum Gasteiger partial charge on any atom is -0.447 e. The molecule has 6 nitrogen and oxygen atoms in total. The average Bonchev–Trinajstić information content (AvgIpc) is 3.17. The fraction of sp³-hybridized carbons (Fsp3) is 0.714. The fourth-order valence-electron chi connectivity index (χ4n) is 2.01. The molecule has 7 heteroatoms. The summed E-state index contributed by atoms with van der Waals surface area (Å²) in [6.07, 6.45) is 2.37. The van der Waals surface area contributed by atoms with Gasteiger partial charge in [-0.3, -0.25) is 0 Å². The minimum absolute atomic E-state index is 0.00782. The first-order valence-electron chi connectivity index (χ1n) is 7.48. The molecule has 2 rings (SSSR count). The molecule has 0 unspecified atom stereocenters. The molecule has 0 atom stereocenters. The van der Waals surface area contributed by atoms with Gasteiger partial charge in [-0.25, -0.2) is 8.42 Å². The topological polar surface area (TPSA) is 71.8 Å². The van der Waals surface area contributed by atoms with Crippen molar-refractivity contribution in [2.24, 2.45) is 0 Å². The molecule has 0 bridgehead atoms. The third kappa shape index (κ3) is 4.54. The van der Waals surface area contributed by atoms with Crippen LogP contribution in [0.15, 0.2) is 21.6 Å². The molecule has 0 spiro atoms. The van der Waals surface area contributed by atoms with E-state index in [-0.39, 0.29) is 5.09 Å². The maximum Gasteiger partial charge on any atom is 0.276 e. The van der Waals surface area contributed by atoms with Crippen molar-refractivity contribution in [1.82, 2.24) is 9.62 Å². The van der Waals surface area contributed by atoms with Gasteiger partial charge in [0.15, 0.2) is 0 Å². The van der Waals surface area contributed by atoms with Gasteiger partial charge in [-0.15, -0.1) is 0 Å². The van der Waals surface area contributed by atoms with E-state index in [9.17, 15) is 8.42 Å². The zero-order valence-corrected chi connectivity index (χ0v) is 13.5. The van der Waals surface area contributed by atoms with Gasteiger partial charge in [-0.2, -0.15) is 4.31 Å². The summed E-state index contributed by atoms with van der Waals surface area (Å²) >= 11 is 0. The van der Waals surface area contributed by atoms with Crippen LogP contribution < -0.4 is 5.32 Å². The number of likely N-dealkylation sites (N-methyl/N-ethyl adjacent to an activating group) is 1. The molecule has 1 fully saturated rings. The van der Waals surface area contributed by atoms with E-state index in [1.165, 1.54) is 23.2 Å². The highest BCUT2D eigenvalue weighted by Crippen LogP contribution is 2.21. The van der Waals surface area contributed by atoms with Crippen molar-refractivity contribution in [3.05, 3.63) is 17.9 Å². The van der Waals surface area contributed by atoms with Gasteiger partial charge in [0.2, 0.25) is 5.09 Å². The van der Waals surface area contributed by atoms with Crippen molar-refractivity contribution in [3.8, 4) is 0 Å². The van der Waals surface area contributed by atoms with E-state index in [1.807, 2.05) is 13.8 Å². The highest BCUT2D eigenvalue weighted by molar-refractivity contribution is 7.89. The Hall–Kier alpha value is -0.890. The van der Waals surface area contributed by atoms with E-state index in [0.717, 1.165) is 0 Å². The lowest BCUT2D eigenvalue weighted by Crippen LogP contribution is -2.33. The molecule has 1 aromatic heterocycles. The van der Waals surface area contributed by atoms with Crippen molar-refractivity contribution in [1.29, 1.82) is 0 Å². The van der Waals surface area contributed by atoms with E-state index in [1.54, 1.807) is 6.07 Å². The first-order valence-corrected chi connectivity index (χ1v) is 8.92. The van der Waals surface area contributed by atoms with E-state index in [4.69, 9.17) is 9.15 Å². The van der Waals surface area contributed by atoms with Crippen LogP contribution in [0.4, 0.5) is 0 Å². The molecular formula is C14H24N2O4S. The first-order chi connectivity index (χ1) is 10.1. The van der Waals surface area contributed by atoms with E-state index < -0.39 is 10.0 Å². The second-order valence-electron chi connectivity index (χ2n) is 5.07. The van der Waals surface area contributed by atoms with Crippen LogP contribution in [0.25, 0.3) is 0 Å². The van der Waals surface area contributed by atoms with Crippen molar-refractivity contribution in [2.45, 2.75) is 44.4 Å². The number of furan rings is 1. The van der Waals surface area contributed by atoms with Crippen LogP contribution in [0.5, 0.6) is 0 Å². The zero-order chi connectivity index (χ0) is 15.3. The van der Waals surface area contributed by atoms with Crippen LogP contribution in [-0.4, -0.2) is 45.1 Å². The zero-order valence-electron chi connectivity index (χ0n) is 12.7. The largest absolute Gasteiger partial charge is 0.447 e. The minimum atomic E-state index is -3.57. The number of nitrogens with one attached hydrogen (secondary N) is 1. The molecule has 1 aliphatic carbocycles. The average molecular weight is 316 g/mol. The summed E-state index contributed by atoms with van der Waals surface area (Å²) in [6.45, 7) is 5.97. The van der Waals surface area contributed by atoms with Crippen molar-refractivity contribution < 1.29 is 17.6 Å². The normalized spacial score (nSPS) is 15.8. The highest BCUT2D eigenvalue weighted by Gasteiger charge is 2.27. The fourth-order valence-corrected chi connectivity index (χ4v) is 3.37. The van der Waals surface area contributed by atoms with Crippen molar-refractivity contribution in [2.75, 3.05) is 26.3 Å². The van der Waals surface area contributed by atoms with Crippen molar-refractivity contribution in [3.63, 3.8) is 0 Å². The van der Waals surface area contributed by atoms with Crippen LogP contribution >= 0.6 is 0 Å². The maximum absolute atomic E-state index is 12.5. The predicted molar refractivity (Wildman–Crippen MR) is 79.5 cm³/mol. The van der Waals surface area contributed by atoms with Crippen molar-refractivity contribution >= 4 is 10.0 Å². The predicted octanol–water partition coefficient (Wildman–Crippen LogP) is 1.58. The van der Waals surface area contributed by atoms with Crippen LogP contribution in [-0.2, 0) is 21.3 Å². The molecule has 0 amide bonds. The van der Waals surface area contributed by atoms with Crippen LogP contribution in [0.3, 0.4) is 0 Å². The Kier molecular flexibility index (Phi) is 5.80. The number of ether oxygens (including phenoxy) is 1. The molecule has 1 heterocycles. The second-order valence-corrected chi connectivity index (χ2v) is 6.94. The van der Waals surface area contributed by atoms with Gasteiger partial charge in [0.05, 0.1) is 13.2 Å². The lowest BCUT2D eigenvalue weighted by Gasteiger charge is -2.18. The molecule has 1 aliphatic rings. The van der Waals surface area contributed by atoms with Gasteiger partial charge < -0.3 is 14.5 Å². The molecule has 1 saturated carbocycles. The van der Waals surface area contributed by atoms with Crippen LogP contribution in [0, 0.1) is 0 Å². The van der Waals surface area contributed by atoms with Gasteiger partial charge in [-0.05, 0) is 31.9 Å². The highest BCUT2D eigenvalue weighted by atomic mass is 32.2. The summed E-state index contributed by atoms with van der Waals surface area (Å²) in [5, 5.41) is 3.31. The van der Waals surface area contributed by atoms with Gasteiger partial charge in [0.25, 0.3) is 10.0 Å². The third-order valence-electron chi connectivity index (χ3n) is 3.42. The first kappa shape index (κ1) is 16.5. The standard InChI is InChI=1S/C14H24N2O4S/c1-3-16(9-10-19-4-2)21(17,18)14-8-7-13(20-14)11-15-12-5-6-12/h7-8,12,15H,3-6,9-11H2,1-2H3. The number of hydrogen-bond donors (Lipinski definition) is 1. The smallest absolute Gasteiger partial charge is 0.276 e. The lowest BCUT2D eigenvalue weighted by molar-refractivity contribution is 0.135. The Morgan fingerprint density at radius 2 is 2.14 bits per heavy atom. The summed E-state index contributed by atoms with van der Waals surface area (Å²) in [4.78, 5) is 0. The molecule has 1 aromatic rings. The molecule has 21 heavy (non-hydrogen) atoms. The number of rotatable bonds is 10. The third-order valence-corrected chi connectivity index (χ3v) is 5.26. The molecule has 120 valence electrons. The van der Waals surface area contributed by atoms with Crippen LogP contribution in [0.1, 0.15) is 32.4 Å². The molecule has 0 radical (unpaired) electrons. The van der Waals surface area contributed by atoms with E-state index >= 15 is 0 Å². The van der Waals surface area contributed by atoms with Gasteiger partial charge in [0, 0.05) is 25.7 Å². The number of sulfonamides is 1. The summed E-state index contributed by atoms with van der Waals surface area (Å²) in [5.74, 6) is 0.654. The molecule has 0 saturated heterocycles. The molecule has 0 aromatic carbocycles. The second kappa shape index (κ2) is 7.40. The SMILES string of the molecule is CCOCCN(CC)S(=O)(=O)c1ccc(CNC2CC2)o1. The Labute approximate surface area is 126 Å².